The summed E-state index contributed by atoms with van der Waals surface area (Å²) < 4.78 is 5.06. The van der Waals surface area contributed by atoms with E-state index in [-0.39, 0.29) is 30.8 Å². The third-order valence-electron chi connectivity index (χ3n) is 3.28. The van der Waals surface area contributed by atoms with E-state index in [0.29, 0.717) is 15.6 Å². The van der Waals surface area contributed by atoms with Crippen molar-refractivity contribution in [3.63, 3.8) is 0 Å². The van der Waals surface area contributed by atoms with Crippen LogP contribution in [0.3, 0.4) is 0 Å². The Balaban J connectivity index is 1.77. The SMILES string of the molecule is O=C(CCC(=O)OCc1ccc(Cl)c(Cl)c1)Nc1cccc([N+](=O)[O-])c1. The molecule has 2 rings (SSSR count). The molecule has 0 saturated carbocycles. The van der Waals surface area contributed by atoms with Gasteiger partial charge in [-0.05, 0) is 23.8 Å². The number of carbonyl (C=O) groups excluding carboxylic acids is 2. The molecule has 0 saturated heterocycles. The van der Waals surface area contributed by atoms with Gasteiger partial charge in [-0.3, -0.25) is 19.7 Å². The molecule has 0 heterocycles. The summed E-state index contributed by atoms with van der Waals surface area (Å²) in [6.45, 7) is 0.0161. The second-order valence-corrected chi connectivity index (χ2v) is 6.08. The van der Waals surface area contributed by atoms with Crippen LogP contribution in [0.1, 0.15) is 18.4 Å². The number of anilines is 1. The van der Waals surface area contributed by atoms with Crippen LogP contribution in [0.4, 0.5) is 11.4 Å². The van der Waals surface area contributed by atoms with E-state index in [9.17, 15) is 19.7 Å². The van der Waals surface area contributed by atoms with E-state index in [1.807, 2.05) is 0 Å². The Morgan fingerprint density at radius 1 is 1.08 bits per heavy atom. The number of carbonyl (C=O) groups is 2. The molecule has 2 aromatic carbocycles. The van der Waals surface area contributed by atoms with E-state index < -0.39 is 16.8 Å². The van der Waals surface area contributed by atoms with E-state index in [2.05, 4.69) is 5.32 Å². The lowest BCUT2D eigenvalue weighted by Crippen LogP contribution is -2.14. The van der Waals surface area contributed by atoms with Crippen LogP contribution in [0.15, 0.2) is 42.5 Å². The zero-order chi connectivity index (χ0) is 19.1. The summed E-state index contributed by atoms with van der Waals surface area (Å²) in [5, 5.41) is 14.0. The highest BCUT2D eigenvalue weighted by Gasteiger charge is 2.11. The summed E-state index contributed by atoms with van der Waals surface area (Å²) in [5.41, 5.74) is 0.825. The number of non-ortho nitro benzene ring substituents is 1. The van der Waals surface area contributed by atoms with E-state index in [0.717, 1.165) is 0 Å². The van der Waals surface area contributed by atoms with Gasteiger partial charge in [0.05, 0.1) is 21.4 Å². The molecule has 136 valence electrons. The minimum absolute atomic E-state index is 0.0161. The number of amides is 1. The minimum atomic E-state index is -0.559. The zero-order valence-corrected chi connectivity index (χ0v) is 14.9. The Morgan fingerprint density at radius 3 is 2.54 bits per heavy atom. The molecule has 1 amide bonds. The molecule has 0 bridgehead atoms. The standard InChI is InChI=1S/C17H14Cl2N2O5/c18-14-5-4-11(8-15(14)19)10-26-17(23)7-6-16(22)20-12-2-1-3-13(9-12)21(24)25/h1-5,8-9H,6-7,10H2,(H,20,22). The fourth-order valence-electron chi connectivity index (χ4n) is 2.00. The number of nitro groups is 1. The summed E-state index contributed by atoms with van der Waals surface area (Å²) >= 11 is 11.7. The number of esters is 1. The van der Waals surface area contributed by atoms with Gasteiger partial charge in [0.25, 0.3) is 5.69 Å². The van der Waals surface area contributed by atoms with Crippen molar-refractivity contribution in [3.8, 4) is 0 Å². The number of hydrogen-bond donors (Lipinski definition) is 1. The first-order chi connectivity index (χ1) is 12.3. The molecule has 0 fully saturated rings. The average Bonchev–Trinajstić information content (AvgIpc) is 2.61. The number of rotatable bonds is 7. The van der Waals surface area contributed by atoms with Crippen molar-refractivity contribution in [2.75, 3.05) is 5.32 Å². The summed E-state index contributed by atoms with van der Waals surface area (Å²) in [6.07, 6.45) is -0.231. The highest BCUT2D eigenvalue weighted by atomic mass is 35.5. The Morgan fingerprint density at radius 2 is 1.85 bits per heavy atom. The van der Waals surface area contributed by atoms with Gasteiger partial charge in [-0.25, -0.2) is 0 Å². The van der Waals surface area contributed by atoms with Crippen LogP contribution in [-0.2, 0) is 20.9 Å². The number of nitrogens with one attached hydrogen (secondary N) is 1. The second-order valence-electron chi connectivity index (χ2n) is 5.26. The molecule has 0 aliphatic rings. The lowest BCUT2D eigenvalue weighted by molar-refractivity contribution is -0.384. The van der Waals surface area contributed by atoms with Gasteiger partial charge in [0.2, 0.25) is 5.91 Å². The van der Waals surface area contributed by atoms with Crippen molar-refractivity contribution >= 4 is 46.5 Å². The maximum absolute atomic E-state index is 11.8. The van der Waals surface area contributed by atoms with Crippen LogP contribution in [0.25, 0.3) is 0 Å². The molecule has 7 nitrogen and oxygen atoms in total. The third kappa shape index (κ3) is 6.02. The van der Waals surface area contributed by atoms with Crippen molar-refractivity contribution in [1.29, 1.82) is 0 Å². The first-order valence-corrected chi connectivity index (χ1v) is 8.24. The fourth-order valence-corrected chi connectivity index (χ4v) is 2.32. The molecular formula is C17H14Cl2N2O5. The van der Waals surface area contributed by atoms with Gasteiger partial charge < -0.3 is 10.1 Å². The summed E-state index contributed by atoms with van der Waals surface area (Å²) in [4.78, 5) is 33.7. The van der Waals surface area contributed by atoms with Gasteiger partial charge in [-0.15, -0.1) is 0 Å². The van der Waals surface area contributed by atoms with E-state index in [1.165, 1.54) is 24.3 Å². The molecule has 9 heteroatoms. The largest absolute Gasteiger partial charge is 0.461 e. The molecule has 26 heavy (non-hydrogen) atoms. The predicted molar refractivity (Wildman–Crippen MR) is 97.2 cm³/mol. The van der Waals surface area contributed by atoms with Gasteiger partial charge in [0, 0.05) is 24.2 Å². The second kappa shape index (κ2) is 9.17. The quantitative estimate of drug-likeness (QED) is 0.425. The van der Waals surface area contributed by atoms with Crippen molar-refractivity contribution in [2.45, 2.75) is 19.4 Å². The van der Waals surface area contributed by atoms with E-state index >= 15 is 0 Å². The third-order valence-corrected chi connectivity index (χ3v) is 4.02. The molecule has 1 N–H and O–H groups in total. The minimum Gasteiger partial charge on any atom is -0.461 e. The number of ether oxygens (including phenoxy) is 1. The van der Waals surface area contributed by atoms with Gasteiger partial charge in [-0.2, -0.15) is 0 Å². The maximum atomic E-state index is 11.8. The molecule has 0 aliphatic carbocycles. The first kappa shape index (κ1) is 19.7. The molecule has 0 aliphatic heterocycles. The molecule has 2 aromatic rings. The van der Waals surface area contributed by atoms with Crippen molar-refractivity contribution in [2.24, 2.45) is 0 Å². The van der Waals surface area contributed by atoms with E-state index in [4.69, 9.17) is 27.9 Å². The van der Waals surface area contributed by atoms with Gasteiger partial charge in [-0.1, -0.05) is 35.3 Å². The zero-order valence-electron chi connectivity index (χ0n) is 13.4. The topological polar surface area (TPSA) is 98.5 Å². The van der Waals surface area contributed by atoms with E-state index in [1.54, 1.807) is 18.2 Å². The molecule has 0 radical (unpaired) electrons. The van der Waals surface area contributed by atoms with Gasteiger partial charge in [0.1, 0.15) is 6.61 Å². The lowest BCUT2D eigenvalue weighted by Gasteiger charge is -2.07. The van der Waals surface area contributed by atoms with Crippen LogP contribution in [0, 0.1) is 10.1 Å². The normalized spacial score (nSPS) is 10.2. The number of nitro benzene ring substituents is 1. The summed E-state index contributed by atoms with van der Waals surface area (Å²) in [7, 11) is 0. The smallest absolute Gasteiger partial charge is 0.306 e. The number of halogens is 2. The monoisotopic (exact) mass is 396 g/mol. The maximum Gasteiger partial charge on any atom is 0.306 e. The lowest BCUT2D eigenvalue weighted by atomic mass is 10.2. The average molecular weight is 397 g/mol. The molecule has 0 spiro atoms. The Kier molecular flexibility index (Phi) is 6.94. The van der Waals surface area contributed by atoms with Crippen LogP contribution < -0.4 is 5.32 Å². The Bertz CT molecular complexity index is 842. The highest BCUT2D eigenvalue weighted by Crippen LogP contribution is 2.23. The fraction of sp³-hybridized carbons (Fsp3) is 0.176. The number of benzene rings is 2. The highest BCUT2D eigenvalue weighted by molar-refractivity contribution is 6.42. The Hall–Kier alpha value is -2.64. The van der Waals surface area contributed by atoms with Gasteiger partial charge in [0.15, 0.2) is 0 Å². The number of hydrogen-bond acceptors (Lipinski definition) is 5. The van der Waals surface area contributed by atoms with Crippen molar-refractivity contribution < 1.29 is 19.2 Å². The van der Waals surface area contributed by atoms with Crippen LogP contribution in [0.2, 0.25) is 10.0 Å². The van der Waals surface area contributed by atoms with Crippen molar-refractivity contribution in [3.05, 3.63) is 68.2 Å². The first-order valence-electron chi connectivity index (χ1n) is 7.49. The Labute approximate surface area is 159 Å². The molecular weight excluding hydrogens is 383 g/mol. The van der Waals surface area contributed by atoms with Crippen LogP contribution >= 0.6 is 23.2 Å². The number of nitrogens with zero attached hydrogens (tertiary/aromatic N) is 1. The summed E-state index contributed by atoms with van der Waals surface area (Å²) in [5.74, 6) is -0.998. The van der Waals surface area contributed by atoms with Crippen LogP contribution in [-0.4, -0.2) is 16.8 Å². The molecule has 0 atom stereocenters. The summed E-state index contributed by atoms with van der Waals surface area (Å²) in [6, 6.07) is 10.4. The van der Waals surface area contributed by atoms with Crippen LogP contribution in [0.5, 0.6) is 0 Å². The molecule has 0 aromatic heterocycles. The molecule has 0 unspecified atom stereocenters. The van der Waals surface area contributed by atoms with Crippen molar-refractivity contribution in [1.82, 2.24) is 0 Å². The van der Waals surface area contributed by atoms with Gasteiger partial charge >= 0.3 is 5.97 Å². The predicted octanol–water partition coefficient (Wildman–Crippen LogP) is 4.36.